The summed E-state index contributed by atoms with van der Waals surface area (Å²) < 4.78 is 19.8. The molecule has 0 bridgehead atoms. The maximum absolute atomic E-state index is 13.1. The summed E-state index contributed by atoms with van der Waals surface area (Å²) in [5.41, 5.74) is 10.5. The molecule has 0 aromatic heterocycles. The van der Waals surface area contributed by atoms with Crippen LogP contribution in [0.3, 0.4) is 0 Å². The number of carbonyl (C=O) groups is 3. The van der Waals surface area contributed by atoms with Gasteiger partial charge in [0.15, 0.2) is 5.78 Å². The molecule has 5 rings (SSSR count). The number of hydrogen-bond acceptors (Lipinski definition) is 4. The molecule has 2 aliphatic carbocycles. The molecule has 0 unspecified atom stereocenters. The summed E-state index contributed by atoms with van der Waals surface area (Å²) in [6.45, 7) is 0. The van der Waals surface area contributed by atoms with E-state index in [1.54, 1.807) is 60.7 Å². The maximum Gasteiger partial charge on any atom is 0.249 e. The van der Waals surface area contributed by atoms with Crippen LogP contribution in [0, 0.1) is 11.2 Å². The predicted octanol–water partition coefficient (Wildman–Crippen LogP) is 6.29. The summed E-state index contributed by atoms with van der Waals surface area (Å²) in [6.07, 6.45) is 9.25. The Labute approximate surface area is 232 Å². The zero-order valence-electron chi connectivity index (χ0n) is 20.5. The third-order valence-electron chi connectivity index (χ3n) is 6.53. The van der Waals surface area contributed by atoms with Crippen LogP contribution >= 0.6 is 15.9 Å². The standard InChI is InChI=1S/C31H22BrFN2O4/c32-26-17-20-3-1-2-4-27(24(20)18-25(26)29(34)37)39-23-12-5-19(6-13-23)7-14-28(36)31(15-16-31)30(38)35-22-10-8-21(33)9-11-22/h2-14,17-18H,15-16H2,(H2,34,37)(H,35,38)/b14-7+. The first-order valence-corrected chi connectivity index (χ1v) is 12.9. The molecule has 8 heteroatoms. The minimum absolute atomic E-state index is 0.279. The molecule has 39 heavy (non-hydrogen) atoms. The number of carbonyl (C=O) groups excluding carboxylic acids is 3. The normalized spacial score (nSPS) is 14.8. The van der Waals surface area contributed by atoms with E-state index in [1.165, 1.54) is 30.3 Å². The van der Waals surface area contributed by atoms with Gasteiger partial charge >= 0.3 is 0 Å². The van der Waals surface area contributed by atoms with Gasteiger partial charge in [0.1, 0.15) is 22.7 Å². The van der Waals surface area contributed by atoms with Gasteiger partial charge in [0.05, 0.1) is 5.56 Å². The molecular formula is C31H22BrFN2O4. The Morgan fingerprint density at radius 2 is 1.77 bits per heavy atom. The Balaban J connectivity index is 1.26. The van der Waals surface area contributed by atoms with Crippen LogP contribution in [0.4, 0.5) is 10.1 Å². The summed E-state index contributed by atoms with van der Waals surface area (Å²) in [4.78, 5) is 37.4. The number of primary amides is 1. The van der Waals surface area contributed by atoms with Crippen LogP contribution in [-0.2, 0) is 9.59 Å². The van der Waals surface area contributed by atoms with Crippen LogP contribution in [0.1, 0.15) is 39.9 Å². The van der Waals surface area contributed by atoms with Crippen molar-refractivity contribution in [2.24, 2.45) is 11.1 Å². The molecule has 3 N–H and O–H groups in total. The number of rotatable bonds is 8. The topological polar surface area (TPSA) is 98.5 Å². The summed E-state index contributed by atoms with van der Waals surface area (Å²) in [5.74, 6) is -0.566. The number of anilines is 1. The van der Waals surface area contributed by atoms with Crippen molar-refractivity contribution in [3.05, 3.63) is 117 Å². The second-order valence-electron chi connectivity index (χ2n) is 9.20. The Morgan fingerprint density at radius 1 is 1.05 bits per heavy atom. The molecule has 194 valence electrons. The highest BCUT2D eigenvalue weighted by Gasteiger charge is 2.55. The van der Waals surface area contributed by atoms with Crippen LogP contribution in [0.2, 0.25) is 0 Å². The molecule has 2 aliphatic rings. The molecule has 0 aliphatic heterocycles. The van der Waals surface area contributed by atoms with Crippen molar-refractivity contribution in [1.29, 1.82) is 0 Å². The van der Waals surface area contributed by atoms with Gasteiger partial charge in [-0.3, -0.25) is 14.4 Å². The number of ketones is 1. The molecular weight excluding hydrogens is 563 g/mol. The Hall–Kier alpha value is -4.52. The van der Waals surface area contributed by atoms with Crippen LogP contribution in [0.5, 0.6) is 5.75 Å². The Bertz CT molecular complexity index is 1610. The summed E-state index contributed by atoms with van der Waals surface area (Å²) in [7, 11) is 0. The largest absolute Gasteiger partial charge is 0.457 e. The van der Waals surface area contributed by atoms with Gasteiger partial charge in [-0.25, -0.2) is 4.39 Å². The lowest BCUT2D eigenvalue weighted by molar-refractivity contribution is -0.130. The summed E-state index contributed by atoms with van der Waals surface area (Å²) in [5, 5.41) is 2.70. The molecule has 0 radical (unpaired) electrons. The molecule has 3 aromatic carbocycles. The van der Waals surface area contributed by atoms with E-state index in [2.05, 4.69) is 27.0 Å². The van der Waals surface area contributed by atoms with Gasteiger partial charge in [0.25, 0.3) is 0 Å². The molecule has 3 aromatic rings. The molecule has 1 saturated carbocycles. The lowest BCUT2D eigenvalue weighted by Crippen LogP contribution is -2.30. The Kier molecular flexibility index (Phi) is 7.15. The fourth-order valence-electron chi connectivity index (χ4n) is 4.15. The predicted molar refractivity (Wildman–Crippen MR) is 151 cm³/mol. The molecule has 0 saturated heterocycles. The van der Waals surface area contributed by atoms with Gasteiger partial charge in [-0.15, -0.1) is 5.73 Å². The number of nitrogens with one attached hydrogen (secondary N) is 1. The molecule has 6 nitrogen and oxygen atoms in total. The van der Waals surface area contributed by atoms with Crippen LogP contribution in [-0.4, -0.2) is 17.6 Å². The monoisotopic (exact) mass is 584 g/mol. The van der Waals surface area contributed by atoms with Crippen molar-refractivity contribution in [2.75, 3.05) is 5.32 Å². The van der Waals surface area contributed by atoms with Crippen molar-refractivity contribution in [2.45, 2.75) is 12.8 Å². The van der Waals surface area contributed by atoms with Gasteiger partial charge in [0, 0.05) is 15.7 Å². The molecule has 2 amide bonds. The van der Waals surface area contributed by atoms with Gasteiger partial charge < -0.3 is 15.8 Å². The van der Waals surface area contributed by atoms with E-state index >= 15 is 0 Å². The van der Waals surface area contributed by atoms with Gasteiger partial charge in [-0.2, -0.15) is 0 Å². The van der Waals surface area contributed by atoms with E-state index < -0.39 is 17.1 Å². The highest BCUT2D eigenvalue weighted by atomic mass is 79.9. The summed E-state index contributed by atoms with van der Waals surface area (Å²) in [6, 6.07) is 16.0. The highest BCUT2D eigenvalue weighted by Crippen LogP contribution is 2.48. The number of hydrogen-bond donors (Lipinski definition) is 2. The fourth-order valence-corrected chi connectivity index (χ4v) is 4.71. The minimum atomic E-state index is -1.09. The first-order valence-electron chi connectivity index (χ1n) is 12.1. The molecule has 0 spiro atoms. The number of nitrogens with two attached hydrogens (primary N) is 1. The van der Waals surface area contributed by atoms with Crippen molar-refractivity contribution in [1.82, 2.24) is 0 Å². The zero-order chi connectivity index (χ0) is 27.6. The van der Waals surface area contributed by atoms with Gasteiger partial charge in [-0.05, 0) is 113 Å². The van der Waals surface area contributed by atoms with Crippen molar-refractivity contribution >= 4 is 57.1 Å². The molecule has 1 fully saturated rings. The number of ether oxygens (including phenoxy) is 1. The maximum atomic E-state index is 13.1. The average molecular weight is 585 g/mol. The van der Waals surface area contributed by atoms with E-state index in [0.29, 0.717) is 45.6 Å². The lowest BCUT2D eigenvalue weighted by Gasteiger charge is -2.14. The van der Waals surface area contributed by atoms with E-state index in [4.69, 9.17) is 10.5 Å². The molecule has 0 heterocycles. The lowest BCUT2D eigenvalue weighted by atomic mass is 9.98. The number of amides is 2. The quantitative estimate of drug-likeness (QED) is 0.185. The first-order chi connectivity index (χ1) is 18.7. The van der Waals surface area contributed by atoms with Gasteiger partial charge in [0.2, 0.25) is 11.8 Å². The minimum Gasteiger partial charge on any atom is -0.457 e. The number of fused-ring (bicyclic) bond motifs is 1. The second-order valence-corrected chi connectivity index (χ2v) is 10.1. The van der Waals surface area contributed by atoms with Crippen molar-refractivity contribution < 1.29 is 23.5 Å². The van der Waals surface area contributed by atoms with Crippen LogP contribution in [0.25, 0.3) is 17.9 Å². The third kappa shape index (κ3) is 5.67. The van der Waals surface area contributed by atoms with E-state index in [-0.39, 0.29) is 11.7 Å². The smallest absolute Gasteiger partial charge is 0.249 e. The van der Waals surface area contributed by atoms with Crippen molar-refractivity contribution in [3.8, 4) is 5.75 Å². The Morgan fingerprint density at radius 3 is 2.44 bits per heavy atom. The number of benzene rings is 3. The summed E-state index contributed by atoms with van der Waals surface area (Å²) >= 11 is 3.38. The molecule has 0 atom stereocenters. The second kappa shape index (κ2) is 10.7. The highest BCUT2D eigenvalue weighted by molar-refractivity contribution is 9.10. The van der Waals surface area contributed by atoms with Crippen LogP contribution in [0.15, 0.2) is 89.1 Å². The zero-order valence-corrected chi connectivity index (χ0v) is 22.1. The van der Waals surface area contributed by atoms with E-state index in [1.807, 2.05) is 0 Å². The van der Waals surface area contributed by atoms with E-state index in [0.717, 1.165) is 11.1 Å². The van der Waals surface area contributed by atoms with Crippen molar-refractivity contribution in [3.63, 3.8) is 0 Å². The SMILES string of the molecule is NC(=O)c1cc2c(cc1Br)C=C=CC=C2Oc1ccc(/C=C/C(=O)C2(C(=O)Nc3ccc(F)cc3)CC2)cc1. The van der Waals surface area contributed by atoms with Gasteiger partial charge in [-0.1, -0.05) is 18.2 Å². The van der Waals surface area contributed by atoms with Crippen LogP contribution < -0.4 is 15.8 Å². The van der Waals surface area contributed by atoms with E-state index in [9.17, 15) is 18.8 Å². The average Bonchev–Trinajstić information content (AvgIpc) is 3.75. The fraction of sp³-hybridized carbons (Fsp3) is 0.0968. The number of halogens is 2. The first kappa shape index (κ1) is 26.1. The third-order valence-corrected chi connectivity index (χ3v) is 7.19. The number of allylic oxidation sites excluding steroid dienone is 3.